The van der Waals surface area contributed by atoms with Crippen LogP contribution < -0.4 is 4.74 Å². The third kappa shape index (κ3) is 3.75. The summed E-state index contributed by atoms with van der Waals surface area (Å²) in [5, 5.41) is 0. The van der Waals surface area contributed by atoms with E-state index < -0.39 is 23.5 Å². The molecule has 5 rings (SSSR count). The van der Waals surface area contributed by atoms with E-state index in [0.717, 1.165) is 35.8 Å². The smallest absolute Gasteiger partial charge is 0.417 e. The van der Waals surface area contributed by atoms with Crippen molar-refractivity contribution in [2.24, 2.45) is 0 Å². The Labute approximate surface area is 188 Å². The average Bonchev–Trinajstić information content (AvgIpc) is 3.22. The number of carbonyl (C=O) groups is 1. The van der Waals surface area contributed by atoms with Gasteiger partial charge in [0.1, 0.15) is 11.6 Å². The molecule has 2 aliphatic heterocycles. The lowest BCUT2D eigenvalue weighted by atomic mass is 9.87. The van der Waals surface area contributed by atoms with Gasteiger partial charge in [0.05, 0.1) is 12.2 Å². The second kappa shape index (κ2) is 7.90. The summed E-state index contributed by atoms with van der Waals surface area (Å²) in [7, 11) is 0. The molecule has 0 atom stereocenters. The van der Waals surface area contributed by atoms with Gasteiger partial charge in [0.25, 0.3) is 5.91 Å². The van der Waals surface area contributed by atoms with Gasteiger partial charge in [-0.1, -0.05) is 24.3 Å². The fraction of sp³-hybridized carbons (Fsp3) is 0.269. The number of fused-ring (bicyclic) bond motifs is 2. The van der Waals surface area contributed by atoms with E-state index in [9.17, 15) is 22.4 Å². The number of carbonyl (C=O) groups excluding carboxylic acids is 1. The van der Waals surface area contributed by atoms with E-state index in [0.29, 0.717) is 17.7 Å². The maximum atomic E-state index is 14.4. The van der Waals surface area contributed by atoms with Gasteiger partial charge < -0.3 is 9.64 Å². The van der Waals surface area contributed by atoms with Gasteiger partial charge in [0.2, 0.25) is 0 Å². The summed E-state index contributed by atoms with van der Waals surface area (Å²) >= 11 is 0. The number of amides is 1. The zero-order valence-electron chi connectivity index (χ0n) is 17.9. The molecule has 0 spiro atoms. The quantitative estimate of drug-likeness (QED) is 0.425. The lowest BCUT2D eigenvalue weighted by molar-refractivity contribution is -0.137. The molecule has 3 aromatic carbocycles. The van der Waals surface area contributed by atoms with Crippen LogP contribution in [0, 0.1) is 12.7 Å². The van der Waals surface area contributed by atoms with Crippen molar-refractivity contribution in [3.63, 3.8) is 0 Å². The minimum Gasteiger partial charge on any atom is -0.493 e. The van der Waals surface area contributed by atoms with Crippen molar-refractivity contribution < 1.29 is 27.1 Å². The summed E-state index contributed by atoms with van der Waals surface area (Å²) in [5.74, 6) is -0.339. The standard InChI is InChI=1S/C26H21F4NO2/c1-15-19(9-10-23-20(15)6-3-11-33-23)21-8-7-17-13-31(14-22(17)24(21)26(28,29)30)25(32)16-4-2-5-18(27)12-16/h2,4-5,7-10,12H,3,6,11,13-14H2,1H3. The molecule has 0 N–H and O–H groups in total. The molecule has 2 aliphatic rings. The number of nitrogens with zero attached hydrogens (tertiary/aromatic N) is 1. The van der Waals surface area contributed by atoms with Gasteiger partial charge in [-0.2, -0.15) is 13.2 Å². The van der Waals surface area contributed by atoms with Crippen LogP contribution in [0.1, 0.15) is 44.6 Å². The van der Waals surface area contributed by atoms with Crippen LogP contribution >= 0.6 is 0 Å². The summed E-state index contributed by atoms with van der Waals surface area (Å²) < 4.78 is 62.4. The summed E-state index contributed by atoms with van der Waals surface area (Å²) in [6, 6.07) is 11.8. The molecule has 170 valence electrons. The Balaban J connectivity index is 1.58. The molecular weight excluding hydrogens is 434 g/mol. The molecule has 3 nitrogen and oxygen atoms in total. The van der Waals surface area contributed by atoms with E-state index in [-0.39, 0.29) is 29.8 Å². The summed E-state index contributed by atoms with van der Waals surface area (Å²) in [4.78, 5) is 14.2. The van der Waals surface area contributed by atoms with E-state index >= 15 is 0 Å². The van der Waals surface area contributed by atoms with Gasteiger partial charge in [-0.15, -0.1) is 0 Å². The highest BCUT2D eigenvalue weighted by Gasteiger charge is 2.40. The molecule has 0 radical (unpaired) electrons. The second-order valence-electron chi connectivity index (χ2n) is 8.46. The number of hydrogen-bond donors (Lipinski definition) is 0. The molecule has 0 bridgehead atoms. The number of halogens is 4. The SMILES string of the molecule is Cc1c(-c2ccc3c(c2C(F)(F)F)CN(C(=O)c2cccc(F)c2)C3)ccc2c1CCCO2. The first-order valence-electron chi connectivity index (χ1n) is 10.8. The zero-order chi connectivity index (χ0) is 23.3. The molecular formula is C26H21F4NO2. The summed E-state index contributed by atoms with van der Waals surface area (Å²) in [5.41, 5.74) is 2.29. The highest BCUT2D eigenvalue weighted by atomic mass is 19.4. The Morgan fingerprint density at radius 1 is 1.00 bits per heavy atom. The number of ether oxygens (including phenoxy) is 1. The van der Waals surface area contributed by atoms with Crippen molar-refractivity contribution in [3.8, 4) is 16.9 Å². The first-order valence-corrected chi connectivity index (χ1v) is 10.8. The van der Waals surface area contributed by atoms with Crippen LogP contribution in [-0.2, 0) is 25.7 Å². The van der Waals surface area contributed by atoms with Crippen molar-refractivity contribution in [2.75, 3.05) is 6.61 Å². The van der Waals surface area contributed by atoms with Crippen LogP contribution in [-0.4, -0.2) is 17.4 Å². The van der Waals surface area contributed by atoms with E-state index in [4.69, 9.17) is 4.74 Å². The van der Waals surface area contributed by atoms with Crippen LogP contribution in [0.3, 0.4) is 0 Å². The lowest BCUT2D eigenvalue weighted by Gasteiger charge is -2.23. The number of rotatable bonds is 2. The molecule has 33 heavy (non-hydrogen) atoms. The molecule has 3 aromatic rings. The van der Waals surface area contributed by atoms with Crippen molar-refractivity contribution in [2.45, 2.75) is 39.0 Å². The van der Waals surface area contributed by atoms with Crippen LogP contribution in [0.4, 0.5) is 17.6 Å². The molecule has 7 heteroatoms. The van der Waals surface area contributed by atoms with E-state index in [1.54, 1.807) is 18.2 Å². The summed E-state index contributed by atoms with van der Waals surface area (Å²) in [6.07, 6.45) is -3.01. The van der Waals surface area contributed by atoms with Gasteiger partial charge in [-0.05, 0) is 77.4 Å². The first-order chi connectivity index (χ1) is 15.7. The lowest BCUT2D eigenvalue weighted by Crippen LogP contribution is -2.25. The topological polar surface area (TPSA) is 29.5 Å². The fourth-order valence-electron chi connectivity index (χ4n) is 4.87. The van der Waals surface area contributed by atoms with Crippen LogP contribution in [0.2, 0.25) is 0 Å². The predicted molar refractivity (Wildman–Crippen MR) is 115 cm³/mol. The predicted octanol–water partition coefficient (Wildman–Crippen LogP) is 6.30. The highest BCUT2D eigenvalue weighted by molar-refractivity contribution is 5.94. The number of benzene rings is 3. The van der Waals surface area contributed by atoms with Gasteiger partial charge >= 0.3 is 6.18 Å². The molecule has 0 aromatic heterocycles. The Morgan fingerprint density at radius 2 is 1.79 bits per heavy atom. The van der Waals surface area contributed by atoms with Crippen molar-refractivity contribution in [1.82, 2.24) is 4.90 Å². The maximum absolute atomic E-state index is 14.4. The average molecular weight is 455 g/mol. The third-order valence-electron chi connectivity index (χ3n) is 6.44. The fourth-order valence-corrected chi connectivity index (χ4v) is 4.87. The molecule has 0 unspecified atom stereocenters. The van der Waals surface area contributed by atoms with Gasteiger partial charge in [-0.3, -0.25) is 4.79 Å². The number of hydrogen-bond acceptors (Lipinski definition) is 2. The Kier molecular flexibility index (Phi) is 5.15. The monoisotopic (exact) mass is 455 g/mol. The molecule has 2 heterocycles. The van der Waals surface area contributed by atoms with Crippen LogP contribution in [0.5, 0.6) is 5.75 Å². The molecule has 0 saturated carbocycles. The zero-order valence-corrected chi connectivity index (χ0v) is 17.9. The van der Waals surface area contributed by atoms with E-state index in [1.807, 2.05) is 6.92 Å². The van der Waals surface area contributed by atoms with Crippen LogP contribution in [0.15, 0.2) is 48.5 Å². The van der Waals surface area contributed by atoms with Gasteiger partial charge in [-0.25, -0.2) is 4.39 Å². The summed E-state index contributed by atoms with van der Waals surface area (Å²) in [6.45, 7) is 2.30. The normalized spacial score (nSPS) is 15.1. The van der Waals surface area contributed by atoms with E-state index in [1.165, 1.54) is 29.2 Å². The maximum Gasteiger partial charge on any atom is 0.417 e. The second-order valence-corrected chi connectivity index (χ2v) is 8.46. The van der Waals surface area contributed by atoms with Crippen molar-refractivity contribution >= 4 is 5.91 Å². The minimum absolute atomic E-state index is 0.0467. The van der Waals surface area contributed by atoms with Gasteiger partial charge in [0, 0.05) is 18.7 Å². The van der Waals surface area contributed by atoms with Crippen molar-refractivity contribution in [1.29, 1.82) is 0 Å². The molecule has 0 saturated heterocycles. The number of alkyl halides is 3. The van der Waals surface area contributed by atoms with Crippen molar-refractivity contribution in [3.05, 3.63) is 87.7 Å². The Bertz CT molecular complexity index is 1270. The first kappa shape index (κ1) is 21.5. The third-order valence-corrected chi connectivity index (χ3v) is 6.44. The molecule has 0 aliphatic carbocycles. The van der Waals surface area contributed by atoms with Crippen LogP contribution in [0.25, 0.3) is 11.1 Å². The Hall–Kier alpha value is -3.35. The molecule has 1 amide bonds. The van der Waals surface area contributed by atoms with E-state index in [2.05, 4.69) is 0 Å². The van der Waals surface area contributed by atoms with Gasteiger partial charge in [0.15, 0.2) is 0 Å². The Morgan fingerprint density at radius 3 is 2.55 bits per heavy atom. The largest absolute Gasteiger partial charge is 0.493 e. The molecule has 0 fully saturated rings. The minimum atomic E-state index is -4.60. The highest BCUT2D eigenvalue weighted by Crippen LogP contribution is 2.45.